The molecule has 0 spiro atoms. The van der Waals surface area contributed by atoms with E-state index in [0.29, 0.717) is 11.6 Å². The summed E-state index contributed by atoms with van der Waals surface area (Å²) in [7, 11) is 1.71. The van der Waals surface area contributed by atoms with Crippen molar-refractivity contribution in [3.8, 4) is 0 Å². The molecule has 3 aromatic rings. The molecule has 0 amide bonds. The van der Waals surface area contributed by atoms with Crippen molar-refractivity contribution in [3.63, 3.8) is 0 Å². The summed E-state index contributed by atoms with van der Waals surface area (Å²) >= 11 is 6.08. The number of aromatic nitrogens is 2. The van der Waals surface area contributed by atoms with Gasteiger partial charge in [-0.25, -0.2) is 9.97 Å². The fourth-order valence-corrected chi connectivity index (χ4v) is 2.76. The van der Waals surface area contributed by atoms with Crippen LogP contribution in [-0.4, -0.2) is 23.6 Å². The van der Waals surface area contributed by atoms with Crippen molar-refractivity contribution < 1.29 is 4.74 Å². The number of nitrogens with one attached hydrogen (secondary N) is 1. The monoisotopic (exact) mass is 327 g/mol. The molecular formula is C18H18ClN3O. The van der Waals surface area contributed by atoms with Crippen LogP contribution in [0.25, 0.3) is 10.9 Å². The first-order chi connectivity index (χ1) is 11.3. The van der Waals surface area contributed by atoms with Crippen molar-refractivity contribution in [1.29, 1.82) is 0 Å². The zero-order valence-corrected chi connectivity index (χ0v) is 13.7. The van der Waals surface area contributed by atoms with E-state index in [1.807, 2.05) is 30.3 Å². The van der Waals surface area contributed by atoms with Gasteiger partial charge in [-0.1, -0.05) is 35.9 Å². The number of hydrogen-bond acceptors (Lipinski definition) is 4. The van der Waals surface area contributed by atoms with Crippen LogP contribution in [0.4, 0.5) is 5.82 Å². The summed E-state index contributed by atoms with van der Waals surface area (Å²) in [5.41, 5.74) is 3.37. The lowest BCUT2D eigenvalue weighted by Crippen LogP contribution is -2.08. The Morgan fingerprint density at radius 2 is 1.91 bits per heavy atom. The molecule has 0 bridgehead atoms. The topological polar surface area (TPSA) is 47.0 Å². The van der Waals surface area contributed by atoms with E-state index in [-0.39, 0.29) is 0 Å². The van der Waals surface area contributed by atoms with Crippen molar-refractivity contribution in [2.75, 3.05) is 19.0 Å². The third-order valence-corrected chi connectivity index (χ3v) is 3.94. The lowest BCUT2D eigenvalue weighted by Gasteiger charge is -2.11. The summed E-state index contributed by atoms with van der Waals surface area (Å²) < 4.78 is 5.25. The van der Waals surface area contributed by atoms with Gasteiger partial charge in [-0.2, -0.15) is 0 Å². The fourth-order valence-electron chi connectivity index (χ4n) is 2.58. The molecule has 0 fully saturated rings. The molecule has 2 aromatic carbocycles. The molecule has 3 rings (SSSR count). The molecule has 23 heavy (non-hydrogen) atoms. The molecule has 0 unspecified atom stereocenters. The highest BCUT2D eigenvalue weighted by Gasteiger charge is 2.05. The fraction of sp³-hybridized carbons (Fsp3) is 0.222. The van der Waals surface area contributed by atoms with E-state index < -0.39 is 0 Å². The first kappa shape index (κ1) is 15.7. The van der Waals surface area contributed by atoms with Gasteiger partial charge in [0, 0.05) is 24.1 Å². The second-order valence-electron chi connectivity index (χ2n) is 5.26. The van der Waals surface area contributed by atoms with E-state index in [4.69, 9.17) is 16.3 Å². The van der Waals surface area contributed by atoms with Gasteiger partial charge in [0.25, 0.3) is 0 Å². The molecule has 0 aliphatic rings. The van der Waals surface area contributed by atoms with Gasteiger partial charge < -0.3 is 10.1 Å². The van der Waals surface area contributed by atoms with Crippen LogP contribution >= 0.6 is 11.6 Å². The number of rotatable bonds is 6. The van der Waals surface area contributed by atoms with Crippen LogP contribution in [0.5, 0.6) is 0 Å². The second kappa shape index (κ2) is 7.40. The third-order valence-electron chi connectivity index (χ3n) is 3.70. The van der Waals surface area contributed by atoms with Crippen LogP contribution in [0.2, 0.25) is 5.02 Å². The van der Waals surface area contributed by atoms with Crippen LogP contribution in [0.15, 0.2) is 48.8 Å². The van der Waals surface area contributed by atoms with Gasteiger partial charge in [-0.05, 0) is 35.7 Å². The molecule has 0 saturated carbocycles. The normalized spacial score (nSPS) is 10.9. The average Bonchev–Trinajstić information content (AvgIpc) is 2.57. The van der Waals surface area contributed by atoms with Gasteiger partial charge in [0.2, 0.25) is 0 Å². The van der Waals surface area contributed by atoms with E-state index in [1.165, 1.54) is 11.1 Å². The molecule has 0 aliphatic carbocycles. The Morgan fingerprint density at radius 3 is 2.74 bits per heavy atom. The zero-order valence-electron chi connectivity index (χ0n) is 12.9. The maximum Gasteiger partial charge on any atom is 0.137 e. The standard InChI is InChI=1S/C18H18ClN3O/c1-23-11-14-5-3-2-4-13(14)8-9-20-18-16-10-15(19)6-7-17(16)21-12-22-18/h2-7,10,12H,8-9,11H2,1H3,(H,20,21,22). The van der Waals surface area contributed by atoms with Gasteiger partial charge in [0.05, 0.1) is 12.1 Å². The first-order valence-corrected chi connectivity index (χ1v) is 7.85. The molecule has 4 nitrogen and oxygen atoms in total. The summed E-state index contributed by atoms with van der Waals surface area (Å²) in [6, 6.07) is 13.9. The molecule has 0 aliphatic heterocycles. The highest BCUT2D eigenvalue weighted by atomic mass is 35.5. The minimum Gasteiger partial charge on any atom is -0.380 e. The van der Waals surface area contributed by atoms with Gasteiger partial charge in [0.1, 0.15) is 12.1 Å². The highest BCUT2D eigenvalue weighted by molar-refractivity contribution is 6.31. The quantitative estimate of drug-likeness (QED) is 0.741. The van der Waals surface area contributed by atoms with E-state index in [0.717, 1.165) is 29.7 Å². The number of nitrogens with zero attached hydrogens (tertiary/aromatic N) is 2. The number of hydrogen-bond donors (Lipinski definition) is 1. The van der Waals surface area contributed by atoms with Crippen molar-refractivity contribution in [1.82, 2.24) is 9.97 Å². The van der Waals surface area contributed by atoms with E-state index in [1.54, 1.807) is 13.4 Å². The second-order valence-corrected chi connectivity index (χ2v) is 5.70. The first-order valence-electron chi connectivity index (χ1n) is 7.48. The van der Waals surface area contributed by atoms with E-state index in [2.05, 4.69) is 27.4 Å². The molecule has 118 valence electrons. The van der Waals surface area contributed by atoms with Gasteiger partial charge in [0.15, 0.2) is 0 Å². The Kier molecular flexibility index (Phi) is 5.05. The van der Waals surface area contributed by atoms with E-state index in [9.17, 15) is 0 Å². The Balaban J connectivity index is 1.73. The zero-order chi connectivity index (χ0) is 16.1. The van der Waals surface area contributed by atoms with Crippen LogP contribution in [0.1, 0.15) is 11.1 Å². The maximum absolute atomic E-state index is 6.08. The maximum atomic E-state index is 6.08. The molecule has 1 N–H and O–H groups in total. The summed E-state index contributed by atoms with van der Waals surface area (Å²) in [5, 5.41) is 5.00. The van der Waals surface area contributed by atoms with Crippen molar-refractivity contribution in [3.05, 3.63) is 64.9 Å². The average molecular weight is 328 g/mol. The van der Waals surface area contributed by atoms with Crippen LogP contribution in [-0.2, 0) is 17.8 Å². The molecule has 0 atom stereocenters. The molecule has 0 saturated heterocycles. The van der Waals surface area contributed by atoms with Crippen molar-refractivity contribution in [2.45, 2.75) is 13.0 Å². The Hall–Kier alpha value is -2.17. The summed E-state index contributed by atoms with van der Waals surface area (Å²) in [4.78, 5) is 8.59. The minimum absolute atomic E-state index is 0.627. The number of halogens is 1. The summed E-state index contributed by atoms with van der Waals surface area (Å²) in [5.74, 6) is 0.807. The van der Waals surface area contributed by atoms with Crippen LogP contribution in [0, 0.1) is 0 Å². The SMILES string of the molecule is COCc1ccccc1CCNc1ncnc2ccc(Cl)cc12. The Morgan fingerprint density at radius 1 is 1.09 bits per heavy atom. The van der Waals surface area contributed by atoms with Crippen molar-refractivity contribution in [2.24, 2.45) is 0 Å². The highest BCUT2D eigenvalue weighted by Crippen LogP contribution is 2.23. The van der Waals surface area contributed by atoms with Gasteiger partial charge in [-0.3, -0.25) is 0 Å². The molecular weight excluding hydrogens is 310 g/mol. The lowest BCUT2D eigenvalue weighted by atomic mass is 10.1. The van der Waals surface area contributed by atoms with Gasteiger partial charge >= 0.3 is 0 Å². The number of methoxy groups -OCH3 is 1. The smallest absolute Gasteiger partial charge is 0.137 e. The lowest BCUT2D eigenvalue weighted by molar-refractivity contribution is 0.184. The third kappa shape index (κ3) is 3.78. The van der Waals surface area contributed by atoms with E-state index >= 15 is 0 Å². The molecule has 0 radical (unpaired) electrons. The number of anilines is 1. The largest absolute Gasteiger partial charge is 0.380 e. The van der Waals surface area contributed by atoms with Crippen molar-refractivity contribution >= 4 is 28.3 Å². The number of benzene rings is 2. The number of fused-ring (bicyclic) bond motifs is 1. The predicted octanol–water partition coefficient (Wildman–Crippen LogP) is 4.08. The van der Waals surface area contributed by atoms with Crippen LogP contribution in [0.3, 0.4) is 0 Å². The molecule has 5 heteroatoms. The number of ether oxygens (including phenoxy) is 1. The Labute approximate surface area is 140 Å². The van der Waals surface area contributed by atoms with Crippen LogP contribution < -0.4 is 5.32 Å². The predicted molar refractivity (Wildman–Crippen MR) is 93.9 cm³/mol. The summed E-state index contributed by atoms with van der Waals surface area (Å²) in [6.45, 7) is 1.40. The summed E-state index contributed by atoms with van der Waals surface area (Å²) in [6.07, 6.45) is 2.46. The Bertz CT molecular complexity index is 807. The molecule has 1 aromatic heterocycles. The molecule has 1 heterocycles. The minimum atomic E-state index is 0.627. The van der Waals surface area contributed by atoms with Gasteiger partial charge in [-0.15, -0.1) is 0 Å².